The maximum absolute atomic E-state index is 10.7. The van der Waals surface area contributed by atoms with Crippen molar-refractivity contribution in [1.82, 2.24) is 0 Å². The van der Waals surface area contributed by atoms with E-state index in [9.17, 15) is 9.90 Å². The van der Waals surface area contributed by atoms with Gasteiger partial charge in [-0.15, -0.1) is 0 Å². The van der Waals surface area contributed by atoms with Gasteiger partial charge in [-0.3, -0.25) is 4.79 Å². The second-order valence-corrected chi connectivity index (χ2v) is 2.70. The fourth-order valence-corrected chi connectivity index (χ4v) is 0.929. The largest absolute Gasteiger partial charge is 0.507 e. The summed E-state index contributed by atoms with van der Waals surface area (Å²) in [6.45, 7) is 1.49. The molecule has 0 aliphatic rings. The van der Waals surface area contributed by atoms with Gasteiger partial charge in [0.15, 0.2) is 0 Å². The molecular weight excluding hydrogens is 166 g/mol. The molecule has 0 radical (unpaired) electrons. The van der Waals surface area contributed by atoms with Crippen molar-refractivity contribution in [2.75, 3.05) is 0 Å². The molecule has 3 N–H and O–H groups in total. The van der Waals surface area contributed by atoms with Crippen LogP contribution in [0.3, 0.4) is 0 Å². The third-order valence-electron chi connectivity index (χ3n) is 1.77. The summed E-state index contributed by atoms with van der Waals surface area (Å²) in [6.07, 6.45) is 0. The third-order valence-corrected chi connectivity index (χ3v) is 1.77. The van der Waals surface area contributed by atoms with E-state index in [0.29, 0.717) is 5.56 Å². The number of hydrogen-bond acceptors (Lipinski definition) is 2. The molecule has 1 aromatic rings. The van der Waals surface area contributed by atoms with Gasteiger partial charge < -0.3 is 10.8 Å². The predicted octanol–water partition coefficient (Wildman–Crippen LogP) is 1.46. The van der Waals surface area contributed by atoms with Crippen LogP contribution in [0.1, 0.15) is 12.5 Å². The van der Waals surface area contributed by atoms with Gasteiger partial charge in [0.2, 0.25) is 5.91 Å². The van der Waals surface area contributed by atoms with E-state index in [1.54, 1.807) is 24.3 Å². The molecule has 1 rings (SSSR count). The van der Waals surface area contributed by atoms with Gasteiger partial charge in [-0.1, -0.05) is 30.3 Å². The van der Waals surface area contributed by atoms with Crippen LogP contribution in [0, 0.1) is 0 Å². The lowest BCUT2D eigenvalue weighted by atomic mass is 10.1. The van der Waals surface area contributed by atoms with Crippen molar-refractivity contribution in [2.24, 2.45) is 5.73 Å². The molecule has 0 aliphatic heterocycles. The first-order valence-corrected chi connectivity index (χ1v) is 3.88. The molecule has 0 spiro atoms. The third kappa shape index (κ3) is 2.08. The monoisotopic (exact) mass is 177 g/mol. The second-order valence-electron chi connectivity index (χ2n) is 2.70. The Kier molecular flexibility index (Phi) is 2.69. The summed E-state index contributed by atoms with van der Waals surface area (Å²) in [7, 11) is 0. The number of carbonyl (C=O) groups is 1. The van der Waals surface area contributed by atoms with E-state index in [1.807, 2.05) is 6.07 Å². The van der Waals surface area contributed by atoms with E-state index in [1.165, 1.54) is 6.92 Å². The van der Waals surface area contributed by atoms with Crippen LogP contribution in [0.5, 0.6) is 0 Å². The number of benzene rings is 1. The standard InChI is InChI=1S/C10H11NO2/c1-7(10(11)13)9(12)8-5-3-2-4-6-8/h2-6,12H,1H3,(H2,11,13). The van der Waals surface area contributed by atoms with Gasteiger partial charge in [0.1, 0.15) is 5.76 Å². The highest BCUT2D eigenvalue weighted by Gasteiger charge is 2.07. The van der Waals surface area contributed by atoms with E-state index >= 15 is 0 Å². The van der Waals surface area contributed by atoms with Crippen molar-refractivity contribution in [1.29, 1.82) is 0 Å². The van der Waals surface area contributed by atoms with Gasteiger partial charge in [-0.05, 0) is 6.92 Å². The van der Waals surface area contributed by atoms with Crippen molar-refractivity contribution in [3.8, 4) is 0 Å². The smallest absolute Gasteiger partial charge is 0.248 e. The number of nitrogens with two attached hydrogens (primary N) is 1. The zero-order valence-electron chi connectivity index (χ0n) is 7.32. The fourth-order valence-electron chi connectivity index (χ4n) is 0.929. The quantitative estimate of drug-likeness (QED) is 0.530. The summed E-state index contributed by atoms with van der Waals surface area (Å²) in [4.78, 5) is 10.7. The summed E-state index contributed by atoms with van der Waals surface area (Å²) in [5.74, 6) is -0.672. The molecule has 0 aliphatic carbocycles. The lowest BCUT2D eigenvalue weighted by molar-refractivity contribution is -0.114. The molecule has 0 saturated heterocycles. The van der Waals surface area contributed by atoms with Crippen molar-refractivity contribution in [3.63, 3.8) is 0 Å². The summed E-state index contributed by atoms with van der Waals surface area (Å²) in [6, 6.07) is 8.81. The highest BCUT2D eigenvalue weighted by atomic mass is 16.3. The Hall–Kier alpha value is -1.77. The molecule has 0 saturated carbocycles. The summed E-state index contributed by atoms with van der Waals surface area (Å²) >= 11 is 0. The molecule has 0 fully saturated rings. The van der Waals surface area contributed by atoms with Crippen molar-refractivity contribution >= 4 is 11.7 Å². The van der Waals surface area contributed by atoms with E-state index in [0.717, 1.165) is 0 Å². The van der Waals surface area contributed by atoms with Gasteiger partial charge in [0.25, 0.3) is 0 Å². The number of amides is 1. The van der Waals surface area contributed by atoms with Crippen LogP contribution >= 0.6 is 0 Å². The number of aliphatic hydroxyl groups excluding tert-OH is 1. The fraction of sp³-hybridized carbons (Fsp3) is 0.100. The van der Waals surface area contributed by atoms with Crippen LogP contribution in [-0.2, 0) is 4.79 Å². The first-order valence-electron chi connectivity index (χ1n) is 3.88. The van der Waals surface area contributed by atoms with Gasteiger partial charge in [0, 0.05) is 5.56 Å². The maximum atomic E-state index is 10.7. The molecule has 3 heteroatoms. The van der Waals surface area contributed by atoms with Crippen LogP contribution in [0.25, 0.3) is 5.76 Å². The van der Waals surface area contributed by atoms with Crippen LogP contribution in [-0.4, -0.2) is 11.0 Å². The van der Waals surface area contributed by atoms with Crippen molar-refractivity contribution < 1.29 is 9.90 Å². The lowest BCUT2D eigenvalue weighted by Gasteiger charge is -2.02. The number of hydrogen-bond donors (Lipinski definition) is 2. The summed E-state index contributed by atoms with van der Waals surface area (Å²) in [5.41, 5.74) is 5.79. The van der Waals surface area contributed by atoms with Crippen molar-refractivity contribution in [3.05, 3.63) is 41.5 Å². The van der Waals surface area contributed by atoms with Crippen LogP contribution in [0.15, 0.2) is 35.9 Å². The molecule has 0 heterocycles. The number of carbonyl (C=O) groups excluding carboxylic acids is 1. The minimum Gasteiger partial charge on any atom is -0.507 e. The molecule has 3 nitrogen and oxygen atoms in total. The maximum Gasteiger partial charge on any atom is 0.248 e. The molecule has 13 heavy (non-hydrogen) atoms. The zero-order chi connectivity index (χ0) is 9.84. The Balaban J connectivity index is 3.11. The molecule has 0 bridgehead atoms. The Labute approximate surface area is 76.5 Å². The van der Waals surface area contributed by atoms with Crippen LogP contribution in [0.2, 0.25) is 0 Å². The Morgan fingerprint density at radius 1 is 1.31 bits per heavy atom. The SMILES string of the molecule is CC(C(N)=O)=C(O)c1ccccc1. The zero-order valence-corrected chi connectivity index (χ0v) is 7.32. The van der Waals surface area contributed by atoms with E-state index in [2.05, 4.69) is 0 Å². The molecule has 0 aromatic heterocycles. The van der Waals surface area contributed by atoms with Crippen molar-refractivity contribution in [2.45, 2.75) is 6.92 Å². The Bertz CT molecular complexity index is 341. The number of primary amides is 1. The number of rotatable bonds is 2. The average Bonchev–Trinajstić information content (AvgIpc) is 2.17. The van der Waals surface area contributed by atoms with Crippen LogP contribution < -0.4 is 5.73 Å². The average molecular weight is 177 g/mol. The topological polar surface area (TPSA) is 63.3 Å². The van der Waals surface area contributed by atoms with E-state index < -0.39 is 5.91 Å². The summed E-state index contributed by atoms with van der Waals surface area (Å²) < 4.78 is 0. The van der Waals surface area contributed by atoms with Gasteiger partial charge in [-0.25, -0.2) is 0 Å². The highest BCUT2D eigenvalue weighted by Crippen LogP contribution is 2.14. The highest BCUT2D eigenvalue weighted by molar-refractivity contribution is 5.97. The lowest BCUT2D eigenvalue weighted by Crippen LogP contribution is -2.13. The Morgan fingerprint density at radius 3 is 2.31 bits per heavy atom. The molecular formula is C10H11NO2. The number of aliphatic hydroxyl groups is 1. The van der Waals surface area contributed by atoms with E-state index in [4.69, 9.17) is 5.73 Å². The molecule has 68 valence electrons. The summed E-state index contributed by atoms with van der Waals surface area (Å²) in [5, 5.41) is 9.54. The van der Waals surface area contributed by atoms with E-state index in [-0.39, 0.29) is 11.3 Å². The molecule has 1 amide bonds. The Morgan fingerprint density at radius 2 is 1.85 bits per heavy atom. The van der Waals surface area contributed by atoms with Crippen LogP contribution in [0.4, 0.5) is 0 Å². The minimum atomic E-state index is -0.610. The second kappa shape index (κ2) is 3.76. The first-order chi connectivity index (χ1) is 6.13. The van der Waals surface area contributed by atoms with Gasteiger partial charge >= 0.3 is 0 Å². The minimum absolute atomic E-state index is 0.0619. The normalized spacial score (nSPS) is 12.1. The predicted molar refractivity (Wildman–Crippen MR) is 50.9 cm³/mol. The first kappa shape index (κ1) is 9.32. The van der Waals surface area contributed by atoms with Gasteiger partial charge in [-0.2, -0.15) is 0 Å². The van der Waals surface area contributed by atoms with Gasteiger partial charge in [0.05, 0.1) is 5.57 Å². The molecule has 1 aromatic carbocycles. The molecule has 0 unspecified atom stereocenters. The molecule has 0 atom stereocenters.